The summed E-state index contributed by atoms with van der Waals surface area (Å²) in [6.45, 7) is 1.99. The lowest BCUT2D eigenvalue weighted by molar-refractivity contribution is -0.387. The molecular weight excluding hydrogens is 319 g/mol. The molecule has 0 fully saturated rings. The normalized spacial score (nSPS) is 16.0. The van der Waals surface area contributed by atoms with E-state index in [-0.39, 0.29) is 16.8 Å². The van der Waals surface area contributed by atoms with Crippen molar-refractivity contribution in [3.05, 3.63) is 63.5 Å². The minimum atomic E-state index is -0.925. The standard InChI is InChI=1S/C16H13FN2O3S/c1-9-2-3-10-7-15(23-14(10)6-9)16(20)18-11-4-5-12(17)13(8-11)19(21)22/h2-6,8,15H,7H2,1H3,(H,18,20)/t15-/m0/s1. The summed E-state index contributed by atoms with van der Waals surface area (Å²) in [5, 5.41) is 13.1. The Balaban J connectivity index is 1.74. The largest absolute Gasteiger partial charge is 0.325 e. The summed E-state index contributed by atoms with van der Waals surface area (Å²) in [7, 11) is 0. The van der Waals surface area contributed by atoms with Crippen molar-refractivity contribution in [2.45, 2.75) is 23.5 Å². The Labute approximate surface area is 136 Å². The highest BCUT2D eigenvalue weighted by Gasteiger charge is 2.28. The topological polar surface area (TPSA) is 72.2 Å². The van der Waals surface area contributed by atoms with Gasteiger partial charge in [0, 0.05) is 16.6 Å². The zero-order valence-corrected chi connectivity index (χ0v) is 13.0. The van der Waals surface area contributed by atoms with Crippen molar-refractivity contribution in [2.24, 2.45) is 0 Å². The molecule has 1 atom stereocenters. The molecule has 7 heteroatoms. The number of carbonyl (C=O) groups excluding carboxylic acids is 1. The van der Waals surface area contributed by atoms with Crippen molar-refractivity contribution in [1.29, 1.82) is 0 Å². The van der Waals surface area contributed by atoms with E-state index >= 15 is 0 Å². The monoisotopic (exact) mass is 332 g/mol. The number of benzene rings is 2. The maximum atomic E-state index is 13.3. The van der Waals surface area contributed by atoms with E-state index in [0.29, 0.717) is 6.42 Å². The molecule has 0 radical (unpaired) electrons. The van der Waals surface area contributed by atoms with Crippen molar-refractivity contribution in [1.82, 2.24) is 0 Å². The van der Waals surface area contributed by atoms with Gasteiger partial charge in [0.2, 0.25) is 11.7 Å². The molecule has 0 unspecified atom stereocenters. The van der Waals surface area contributed by atoms with Crippen LogP contribution in [0, 0.1) is 22.9 Å². The van der Waals surface area contributed by atoms with E-state index in [2.05, 4.69) is 5.32 Å². The summed E-state index contributed by atoms with van der Waals surface area (Å²) in [4.78, 5) is 23.4. The fourth-order valence-corrected chi connectivity index (χ4v) is 3.73. The molecule has 2 aromatic carbocycles. The van der Waals surface area contributed by atoms with Gasteiger partial charge >= 0.3 is 5.69 Å². The van der Waals surface area contributed by atoms with Gasteiger partial charge in [0.1, 0.15) is 0 Å². The molecule has 1 aliphatic rings. The Morgan fingerprint density at radius 1 is 1.35 bits per heavy atom. The Morgan fingerprint density at radius 3 is 2.87 bits per heavy atom. The molecule has 0 saturated heterocycles. The molecule has 0 aromatic heterocycles. The highest BCUT2D eigenvalue weighted by atomic mass is 32.2. The fraction of sp³-hybridized carbons (Fsp3) is 0.188. The van der Waals surface area contributed by atoms with E-state index in [1.807, 2.05) is 25.1 Å². The number of halogens is 1. The highest BCUT2D eigenvalue weighted by molar-refractivity contribution is 8.01. The first-order valence-corrected chi connectivity index (χ1v) is 7.83. The van der Waals surface area contributed by atoms with Crippen LogP contribution in [0.25, 0.3) is 0 Å². The van der Waals surface area contributed by atoms with E-state index in [4.69, 9.17) is 0 Å². The second kappa shape index (κ2) is 6.00. The quantitative estimate of drug-likeness (QED) is 0.687. The predicted octanol–water partition coefficient (Wildman–Crippen LogP) is 3.70. The van der Waals surface area contributed by atoms with Gasteiger partial charge in [-0.05, 0) is 37.1 Å². The number of carbonyl (C=O) groups is 1. The third-order valence-corrected chi connectivity index (χ3v) is 4.90. The van der Waals surface area contributed by atoms with E-state index in [1.54, 1.807) is 0 Å². The van der Waals surface area contributed by atoms with E-state index in [9.17, 15) is 19.3 Å². The van der Waals surface area contributed by atoms with Crippen LogP contribution < -0.4 is 5.32 Å². The summed E-state index contributed by atoms with van der Waals surface area (Å²) in [5.74, 6) is -1.17. The molecule has 0 spiro atoms. The molecule has 0 bridgehead atoms. The fourth-order valence-electron chi connectivity index (χ4n) is 2.43. The van der Waals surface area contributed by atoms with E-state index < -0.39 is 16.4 Å². The number of amides is 1. The zero-order valence-electron chi connectivity index (χ0n) is 12.2. The summed E-state index contributed by atoms with van der Waals surface area (Å²) in [5.41, 5.74) is 1.81. The number of anilines is 1. The maximum absolute atomic E-state index is 13.3. The summed E-state index contributed by atoms with van der Waals surface area (Å²) in [6, 6.07) is 9.38. The Hall–Kier alpha value is -2.41. The first kappa shape index (κ1) is 15.5. The van der Waals surface area contributed by atoms with E-state index in [0.717, 1.165) is 28.2 Å². The van der Waals surface area contributed by atoms with Crippen molar-refractivity contribution in [3.8, 4) is 0 Å². The third-order valence-electron chi connectivity index (χ3n) is 3.60. The van der Waals surface area contributed by atoms with Crippen LogP contribution in [0.3, 0.4) is 0 Å². The molecule has 2 aromatic rings. The molecule has 5 nitrogen and oxygen atoms in total. The average Bonchev–Trinajstić information content (AvgIpc) is 2.92. The second-order valence-electron chi connectivity index (χ2n) is 5.33. The Kier molecular flexibility index (Phi) is 4.04. The van der Waals surface area contributed by atoms with Crippen LogP contribution in [0.2, 0.25) is 0 Å². The number of nitro benzene ring substituents is 1. The molecule has 1 N–H and O–H groups in total. The third kappa shape index (κ3) is 3.19. The van der Waals surface area contributed by atoms with Gasteiger partial charge in [-0.1, -0.05) is 17.7 Å². The smallest absolute Gasteiger partial charge is 0.306 e. The molecule has 0 aliphatic carbocycles. The van der Waals surface area contributed by atoms with Crippen molar-refractivity contribution >= 4 is 29.0 Å². The van der Waals surface area contributed by atoms with Gasteiger partial charge in [0.15, 0.2) is 0 Å². The number of aryl methyl sites for hydroxylation is 1. The lowest BCUT2D eigenvalue weighted by atomic mass is 10.1. The number of rotatable bonds is 3. The first-order chi connectivity index (χ1) is 10.9. The van der Waals surface area contributed by atoms with Gasteiger partial charge in [0.25, 0.3) is 0 Å². The molecule has 1 heterocycles. The van der Waals surface area contributed by atoms with Crippen LogP contribution >= 0.6 is 11.8 Å². The molecular formula is C16H13FN2O3S. The van der Waals surface area contributed by atoms with Crippen molar-refractivity contribution in [2.75, 3.05) is 5.32 Å². The van der Waals surface area contributed by atoms with Crippen LogP contribution in [0.5, 0.6) is 0 Å². The van der Waals surface area contributed by atoms with E-state index in [1.165, 1.54) is 17.8 Å². The predicted molar refractivity (Wildman–Crippen MR) is 86.2 cm³/mol. The van der Waals surface area contributed by atoms with Gasteiger partial charge < -0.3 is 5.32 Å². The number of thioether (sulfide) groups is 1. The average molecular weight is 332 g/mol. The second-order valence-corrected chi connectivity index (χ2v) is 6.58. The van der Waals surface area contributed by atoms with Gasteiger partial charge in [-0.15, -0.1) is 11.8 Å². The summed E-state index contributed by atoms with van der Waals surface area (Å²) < 4.78 is 13.3. The van der Waals surface area contributed by atoms with Crippen LogP contribution in [-0.4, -0.2) is 16.1 Å². The summed E-state index contributed by atoms with van der Waals surface area (Å²) in [6.07, 6.45) is 0.607. The van der Waals surface area contributed by atoms with Crippen molar-refractivity contribution in [3.63, 3.8) is 0 Å². The number of nitrogens with zero attached hydrogens (tertiary/aromatic N) is 1. The van der Waals surface area contributed by atoms with Crippen LogP contribution in [0.1, 0.15) is 11.1 Å². The van der Waals surface area contributed by atoms with Crippen molar-refractivity contribution < 1.29 is 14.1 Å². The van der Waals surface area contributed by atoms with Crippen LogP contribution in [0.4, 0.5) is 15.8 Å². The molecule has 1 amide bonds. The Bertz CT molecular complexity index is 810. The van der Waals surface area contributed by atoms with Gasteiger partial charge in [0.05, 0.1) is 10.2 Å². The first-order valence-electron chi connectivity index (χ1n) is 6.95. The zero-order chi connectivity index (χ0) is 16.6. The lowest BCUT2D eigenvalue weighted by Crippen LogP contribution is -2.24. The molecule has 23 heavy (non-hydrogen) atoms. The molecule has 1 aliphatic heterocycles. The SMILES string of the molecule is Cc1ccc2c(c1)S[C@H](C(=O)Nc1ccc(F)c([N+](=O)[O-])c1)C2. The number of hydrogen-bond acceptors (Lipinski definition) is 4. The number of fused-ring (bicyclic) bond motifs is 1. The van der Waals surface area contributed by atoms with Gasteiger partial charge in [-0.25, -0.2) is 0 Å². The summed E-state index contributed by atoms with van der Waals surface area (Å²) >= 11 is 1.47. The Morgan fingerprint density at radius 2 is 2.13 bits per heavy atom. The van der Waals surface area contributed by atoms with Gasteiger partial charge in [-0.3, -0.25) is 14.9 Å². The molecule has 3 rings (SSSR count). The lowest BCUT2D eigenvalue weighted by Gasteiger charge is -2.10. The molecule has 0 saturated carbocycles. The number of hydrogen-bond donors (Lipinski definition) is 1. The minimum Gasteiger partial charge on any atom is -0.325 e. The minimum absolute atomic E-state index is 0.218. The van der Waals surface area contributed by atoms with Gasteiger partial charge in [-0.2, -0.15) is 4.39 Å². The highest BCUT2D eigenvalue weighted by Crippen LogP contribution is 2.38. The molecule has 118 valence electrons. The van der Waals surface area contributed by atoms with Crippen LogP contribution in [-0.2, 0) is 11.2 Å². The van der Waals surface area contributed by atoms with Crippen LogP contribution in [0.15, 0.2) is 41.3 Å². The number of nitro groups is 1. The number of nitrogens with one attached hydrogen (secondary N) is 1. The maximum Gasteiger partial charge on any atom is 0.306 e.